The lowest BCUT2D eigenvalue weighted by Crippen LogP contribution is -2.43. The first-order valence-corrected chi connectivity index (χ1v) is 8.58. The van der Waals surface area contributed by atoms with Crippen molar-refractivity contribution in [3.63, 3.8) is 0 Å². The number of hydrogen-bond acceptors (Lipinski definition) is 5. The topological polar surface area (TPSA) is 65.4 Å². The predicted octanol–water partition coefficient (Wildman–Crippen LogP) is 2.85. The molecule has 0 saturated carbocycles. The molecule has 0 bridgehead atoms. The minimum absolute atomic E-state index is 0.157. The van der Waals surface area contributed by atoms with E-state index in [4.69, 9.17) is 4.74 Å². The number of anilines is 1. The van der Waals surface area contributed by atoms with E-state index >= 15 is 0 Å². The van der Waals surface area contributed by atoms with E-state index in [1.807, 2.05) is 45.0 Å². The van der Waals surface area contributed by atoms with Crippen LogP contribution in [-0.4, -0.2) is 37.2 Å². The third kappa shape index (κ3) is 5.54. The van der Waals surface area contributed by atoms with Crippen molar-refractivity contribution in [2.75, 3.05) is 24.5 Å². The van der Waals surface area contributed by atoms with Crippen LogP contribution in [0, 0.1) is 11.3 Å². The summed E-state index contributed by atoms with van der Waals surface area (Å²) in [7, 11) is 0. The Balaban J connectivity index is 1.74. The molecular weight excluding hydrogens is 302 g/mol. The van der Waals surface area contributed by atoms with E-state index in [0.717, 1.165) is 37.2 Å². The van der Waals surface area contributed by atoms with Gasteiger partial charge in [-0.1, -0.05) is 12.1 Å². The lowest BCUT2D eigenvalue weighted by molar-refractivity contribution is -0.154. The molecule has 1 N–H and O–H groups in total. The highest BCUT2D eigenvalue weighted by molar-refractivity contribution is 5.70. The molecule has 1 saturated heterocycles. The highest BCUT2D eigenvalue weighted by Crippen LogP contribution is 2.23. The van der Waals surface area contributed by atoms with Crippen LogP contribution in [-0.2, 0) is 9.53 Å². The molecule has 2 rings (SSSR count). The molecule has 5 heteroatoms. The third-order valence-corrected chi connectivity index (χ3v) is 4.04. The van der Waals surface area contributed by atoms with Crippen molar-refractivity contribution in [1.82, 2.24) is 5.32 Å². The molecule has 0 unspecified atom stereocenters. The quantitative estimate of drug-likeness (QED) is 0.842. The van der Waals surface area contributed by atoms with E-state index in [2.05, 4.69) is 16.3 Å². The Kier molecular flexibility index (Phi) is 6.22. The molecule has 1 aliphatic heterocycles. The molecule has 1 aromatic carbocycles. The van der Waals surface area contributed by atoms with Crippen LogP contribution in [0.5, 0.6) is 0 Å². The predicted molar refractivity (Wildman–Crippen MR) is 94.9 cm³/mol. The number of nitrogens with one attached hydrogen (secondary N) is 1. The van der Waals surface area contributed by atoms with Crippen molar-refractivity contribution < 1.29 is 9.53 Å². The number of rotatable bonds is 5. The highest BCUT2D eigenvalue weighted by atomic mass is 16.6. The van der Waals surface area contributed by atoms with Crippen molar-refractivity contribution in [2.24, 2.45) is 0 Å². The number of esters is 1. The maximum absolute atomic E-state index is 11.7. The van der Waals surface area contributed by atoms with Crippen LogP contribution < -0.4 is 10.2 Å². The zero-order valence-corrected chi connectivity index (χ0v) is 14.8. The van der Waals surface area contributed by atoms with Crippen LogP contribution in [0.15, 0.2) is 24.3 Å². The monoisotopic (exact) mass is 329 g/mol. The SMILES string of the molecule is CC(C)(C)OC(=O)CCNC1CCN(c2ccccc2C#N)CC1. The zero-order chi connectivity index (χ0) is 17.6. The molecule has 0 radical (unpaired) electrons. The Morgan fingerprint density at radius 1 is 1.33 bits per heavy atom. The van der Waals surface area contributed by atoms with Crippen LogP contribution in [0.3, 0.4) is 0 Å². The van der Waals surface area contributed by atoms with Gasteiger partial charge >= 0.3 is 5.97 Å². The molecule has 0 aromatic heterocycles. The van der Waals surface area contributed by atoms with Gasteiger partial charge in [0.15, 0.2) is 0 Å². The standard InChI is InChI=1S/C19H27N3O2/c1-19(2,3)24-18(23)8-11-21-16-9-12-22(13-10-16)17-7-5-4-6-15(17)14-20/h4-7,16,21H,8-13H2,1-3H3. The first-order chi connectivity index (χ1) is 11.4. The van der Waals surface area contributed by atoms with Crippen molar-refractivity contribution >= 4 is 11.7 Å². The summed E-state index contributed by atoms with van der Waals surface area (Å²) in [5.74, 6) is -0.157. The fourth-order valence-electron chi connectivity index (χ4n) is 2.94. The molecule has 0 atom stereocenters. The third-order valence-electron chi connectivity index (χ3n) is 4.04. The number of benzene rings is 1. The molecule has 1 heterocycles. The van der Waals surface area contributed by atoms with E-state index in [0.29, 0.717) is 19.0 Å². The van der Waals surface area contributed by atoms with E-state index in [1.165, 1.54) is 0 Å². The van der Waals surface area contributed by atoms with Crippen molar-refractivity contribution in [3.05, 3.63) is 29.8 Å². The Morgan fingerprint density at radius 2 is 2.00 bits per heavy atom. The van der Waals surface area contributed by atoms with Crippen molar-refractivity contribution in [3.8, 4) is 6.07 Å². The molecule has 5 nitrogen and oxygen atoms in total. The van der Waals surface area contributed by atoms with E-state index in [-0.39, 0.29) is 5.97 Å². The molecule has 1 aliphatic rings. The highest BCUT2D eigenvalue weighted by Gasteiger charge is 2.21. The normalized spacial score (nSPS) is 15.8. The summed E-state index contributed by atoms with van der Waals surface area (Å²) in [6.07, 6.45) is 2.41. The summed E-state index contributed by atoms with van der Waals surface area (Å²) in [4.78, 5) is 14.0. The van der Waals surface area contributed by atoms with Crippen LogP contribution in [0.4, 0.5) is 5.69 Å². The van der Waals surface area contributed by atoms with Crippen molar-refractivity contribution in [1.29, 1.82) is 5.26 Å². The summed E-state index contributed by atoms with van der Waals surface area (Å²) in [6, 6.07) is 10.4. The maximum Gasteiger partial charge on any atom is 0.307 e. The van der Waals surface area contributed by atoms with Gasteiger partial charge in [0.05, 0.1) is 17.7 Å². The molecule has 0 amide bonds. The van der Waals surface area contributed by atoms with Crippen molar-refractivity contribution in [2.45, 2.75) is 51.7 Å². The lowest BCUT2D eigenvalue weighted by Gasteiger charge is -2.34. The molecule has 0 aliphatic carbocycles. The van der Waals surface area contributed by atoms with Gasteiger partial charge in [-0.2, -0.15) is 5.26 Å². The van der Waals surface area contributed by atoms with E-state index in [9.17, 15) is 10.1 Å². The number of ether oxygens (including phenoxy) is 1. The van der Waals surface area contributed by atoms with Gasteiger partial charge in [-0.3, -0.25) is 4.79 Å². The van der Waals surface area contributed by atoms with Gasteiger partial charge in [0, 0.05) is 25.7 Å². The average Bonchev–Trinajstić information content (AvgIpc) is 2.54. The van der Waals surface area contributed by atoms with Gasteiger partial charge < -0.3 is 15.0 Å². The second-order valence-electron chi connectivity index (χ2n) is 7.18. The number of carbonyl (C=O) groups excluding carboxylic acids is 1. The molecule has 24 heavy (non-hydrogen) atoms. The van der Waals surface area contributed by atoms with Crippen LogP contribution >= 0.6 is 0 Å². The fourth-order valence-corrected chi connectivity index (χ4v) is 2.94. The van der Waals surface area contributed by atoms with Gasteiger partial charge in [-0.25, -0.2) is 0 Å². The number of hydrogen-bond donors (Lipinski definition) is 1. The fraction of sp³-hybridized carbons (Fsp3) is 0.579. The zero-order valence-electron chi connectivity index (χ0n) is 14.8. The van der Waals surface area contributed by atoms with Gasteiger partial charge in [-0.15, -0.1) is 0 Å². The first kappa shape index (κ1) is 18.3. The number of carbonyl (C=O) groups is 1. The second kappa shape index (κ2) is 8.16. The largest absolute Gasteiger partial charge is 0.460 e. The molecular formula is C19H27N3O2. The average molecular weight is 329 g/mol. The number of nitrogens with zero attached hydrogens (tertiary/aromatic N) is 2. The van der Waals surface area contributed by atoms with Gasteiger partial charge in [0.2, 0.25) is 0 Å². The Hall–Kier alpha value is -2.06. The summed E-state index contributed by atoms with van der Waals surface area (Å²) in [6.45, 7) is 8.13. The number of piperidine rings is 1. The van der Waals surface area contributed by atoms with Gasteiger partial charge in [-0.05, 0) is 45.7 Å². The Labute approximate surface area is 144 Å². The minimum Gasteiger partial charge on any atom is -0.460 e. The molecule has 1 aromatic rings. The van der Waals surface area contributed by atoms with Crippen LogP contribution in [0.25, 0.3) is 0 Å². The van der Waals surface area contributed by atoms with Crippen LogP contribution in [0.1, 0.15) is 45.6 Å². The van der Waals surface area contributed by atoms with Crippen LogP contribution in [0.2, 0.25) is 0 Å². The van der Waals surface area contributed by atoms with Gasteiger partial charge in [0.25, 0.3) is 0 Å². The summed E-state index contributed by atoms with van der Waals surface area (Å²) >= 11 is 0. The lowest BCUT2D eigenvalue weighted by atomic mass is 10.0. The molecule has 130 valence electrons. The Bertz CT molecular complexity index is 593. The minimum atomic E-state index is -0.420. The summed E-state index contributed by atoms with van der Waals surface area (Å²) in [5.41, 5.74) is 1.33. The maximum atomic E-state index is 11.7. The van der Waals surface area contributed by atoms with Gasteiger partial charge in [0.1, 0.15) is 11.7 Å². The number of para-hydroxylation sites is 1. The smallest absolute Gasteiger partial charge is 0.307 e. The second-order valence-corrected chi connectivity index (χ2v) is 7.18. The Morgan fingerprint density at radius 3 is 2.62 bits per heavy atom. The number of nitriles is 1. The van der Waals surface area contributed by atoms with E-state index < -0.39 is 5.60 Å². The summed E-state index contributed by atoms with van der Waals surface area (Å²) in [5, 5.41) is 12.7. The van der Waals surface area contributed by atoms with E-state index in [1.54, 1.807) is 0 Å². The summed E-state index contributed by atoms with van der Waals surface area (Å²) < 4.78 is 5.31. The first-order valence-electron chi connectivity index (χ1n) is 8.58. The molecule has 1 fully saturated rings. The molecule has 0 spiro atoms.